The molecule has 0 fully saturated rings. The summed E-state index contributed by atoms with van der Waals surface area (Å²) in [7, 11) is 0. The van der Waals surface area contributed by atoms with Gasteiger partial charge in [-0.05, 0) is 24.6 Å². The number of carbonyl (C=O) groups excluding carboxylic acids is 1. The monoisotopic (exact) mass is 241 g/mol. The summed E-state index contributed by atoms with van der Waals surface area (Å²) in [5.41, 5.74) is 0.472. The molecule has 0 aliphatic rings. The molecule has 1 aromatic carbocycles. The van der Waals surface area contributed by atoms with E-state index in [1.54, 1.807) is 6.07 Å². The van der Waals surface area contributed by atoms with E-state index in [9.17, 15) is 9.90 Å². The minimum Gasteiger partial charge on any atom is -0.506 e. The topological polar surface area (TPSA) is 49.3 Å². The van der Waals surface area contributed by atoms with Gasteiger partial charge in [-0.25, -0.2) is 0 Å². The number of hydrogen-bond donors (Lipinski definition) is 2. The predicted octanol–water partition coefficient (Wildman–Crippen LogP) is 2.97. The van der Waals surface area contributed by atoms with Crippen molar-refractivity contribution in [3.05, 3.63) is 28.8 Å². The Balaban J connectivity index is 2.50. The van der Waals surface area contributed by atoms with Gasteiger partial charge in [-0.15, -0.1) is 0 Å². The normalized spacial score (nSPS) is 10.1. The minimum absolute atomic E-state index is 0.0100. The molecule has 0 bridgehead atoms. The number of carbonyl (C=O) groups is 1. The summed E-state index contributed by atoms with van der Waals surface area (Å²) in [5, 5.41) is 12.2. The van der Waals surface area contributed by atoms with E-state index in [-0.39, 0.29) is 16.7 Å². The second-order valence-electron chi connectivity index (χ2n) is 3.63. The van der Waals surface area contributed by atoms with Crippen LogP contribution in [0, 0.1) is 0 Å². The van der Waals surface area contributed by atoms with Gasteiger partial charge in [0.15, 0.2) is 0 Å². The molecule has 0 aliphatic heterocycles. The first-order valence-corrected chi connectivity index (χ1v) is 5.79. The van der Waals surface area contributed by atoms with Crippen molar-refractivity contribution >= 4 is 17.5 Å². The third-order valence-corrected chi connectivity index (χ3v) is 2.58. The Bertz CT molecular complexity index is 366. The maximum atomic E-state index is 11.6. The summed E-state index contributed by atoms with van der Waals surface area (Å²) in [5.74, 6) is -0.165. The van der Waals surface area contributed by atoms with E-state index in [4.69, 9.17) is 11.6 Å². The number of amides is 1. The van der Waals surface area contributed by atoms with Crippen LogP contribution in [0.2, 0.25) is 5.02 Å². The number of phenols is 1. The van der Waals surface area contributed by atoms with Crippen molar-refractivity contribution in [3.8, 4) is 5.75 Å². The van der Waals surface area contributed by atoms with Crippen molar-refractivity contribution in [2.45, 2.75) is 26.2 Å². The summed E-state index contributed by atoms with van der Waals surface area (Å²) in [4.78, 5) is 11.6. The Morgan fingerprint density at radius 3 is 2.81 bits per heavy atom. The molecular formula is C12H16ClNO2. The van der Waals surface area contributed by atoms with Gasteiger partial charge in [0.2, 0.25) is 0 Å². The first kappa shape index (κ1) is 12.8. The summed E-state index contributed by atoms with van der Waals surface area (Å²) < 4.78 is 0. The van der Waals surface area contributed by atoms with Crippen LogP contribution < -0.4 is 5.32 Å². The zero-order valence-electron chi connectivity index (χ0n) is 9.29. The van der Waals surface area contributed by atoms with Crippen LogP contribution in [0.15, 0.2) is 18.2 Å². The number of phenolic OH excluding ortho intramolecular Hbond substituents is 1. The molecule has 0 radical (unpaired) electrons. The number of halogens is 1. The molecule has 0 atom stereocenters. The second kappa shape index (κ2) is 6.38. The lowest BCUT2D eigenvalue weighted by Gasteiger charge is -2.05. The molecule has 16 heavy (non-hydrogen) atoms. The smallest absolute Gasteiger partial charge is 0.251 e. The number of hydrogen-bond acceptors (Lipinski definition) is 2. The molecule has 0 saturated heterocycles. The van der Waals surface area contributed by atoms with E-state index < -0.39 is 0 Å². The molecule has 88 valence electrons. The Morgan fingerprint density at radius 1 is 1.44 bits per heavy atom. The number of aromatic hydroxyl groups is 1. The molecule has 0 heterocycles. The van der Waals surface area contributed by atoms with Crippen LogP contribution in [0.1, 0.15) is 36.5 Å². The Kier molecular flexibility index (Phi) is 5.12. The van der Waals surface area contributed by atoms with Gasteiger partial charge in [-0.1, -0.05) is 31.4 Å². The van der Waals surface area contributed by atoms with Gasteiger partial charge in [0, 0.05) is 12.1 Å². The zero-order valence-corrected chi connectivity index (χ0v) is 10.0. The van der Waals surface area contributed by atoms with Crippen LogP contribution in [0.25, 0.3) is 0 Å². The highest BCUT2D eigenvalue weighted by Crippen LogP contribution is 2.23. The Morgan fingerprint density at radius 2 is 2.19 bits per heavy atom. The van der Waals surface area contributed by atoms with Gasteiger partial charge in [0.05, 0.1) is 5.02 Å². The van der Waals surface area contributed by atoms with Gasteiger partial charge < -0.3 is 10.4 Å². The fraction of sp³-hybridized carbons (Fsp3) is 0.417. The van der Waals surface area contributed by atoms with Crippen LogP contribution in [-0.2, 0) is 0 Å². The molecule has 0 saturated carbocycles. The molecule has 1 aromatic rings. The highest BCUT2D eigenvalue weighted by molar-refractivity contribution is 6.32. The maximum absolute atomic E-state index is 11.6. The van der Waals surface area contributed by atoms with Gasteiger partial charge in [0.25, 0.3) is 5.91 Å². The largest absolute Gasteiger partial charge is 0.506 e. The van der Waals surface area contributed by atoms with Gasteiger partial charge >= 0.3 is 0 Å². The standard InChI is InChI=1S/C12H16ClNO2/c1-2-3-4-7-14-12(16)9-5-6-11(15)10(13)8-9/h5-6,8,15H,2-4,7H2,1H3,(H,14,16). The summed E-state index contributed by atoms with van der Waals surface area (Å²) >= 11 is 5.71. The number of nitrogens with one attached hydrogen (secondary N) is 1. The molecule has 0 aromatic heterocycles. The number of rotatable bonds is 5. The Labute approximate surface area is 100 Å². The molecule has 0 spiro atoms. The van der Waals surface area contributed by atoms with Crippen molar-refractivity contribution in [1.82, 2.24) is 5.32 Å². The average molecular weight is 242 g/mol. The first-order valence-electron chi connectivity index (χ1n) is 5.42. The molecule has 3 nitrogen and oxygen atoms in total. The lowest BCUT2D eigenvalue weighted by molar-refractivity contribution is 0.0953. The highest BCUT2D eigenvalue weighted by atomic mass is 35.5. The van der Waals surface area contributed by atoms with Gasteiger partial charge in [0.1, 0.15) is 5.75 Å². The Hall–Kier alpha value is -1.22. The van der Waals surface area contributed by atoms with Crippen molar-refractivity contribution in [2.24, 2.45) is 0 Å². The van der Waals surface area contributed by atoms with Gasteiger partial charge in [-0.2, -0.15) is 0 Å². The number of unbranched alkanes of at least 4 members (excludes halogenated alkanes) is 2. The van der Waals surface area contributed by atoms with Crippen LogP contribution in [0.4, 0.5) is 0 Å². The third-order valence-electron chi connectivity index (χ3n) is 2.28. The van der Waals surface area contributed by atoms with Crippen molar-refractivity contribution in [3.63, 3.8) is 0 Å². The van der Waals surface area contributed by atoms with Crippen LogP contribution in [0.3, 0.4) is 0 Å². The fourth-order valence-electron chi connectivity index (χ4n) is 1.33. The predicted molar refractivity (Wildman–Crippen MR) is 65.0 cm³/mol. The van der Waals surface area contributed by atoms with E-state index in [0.29, 0.717) is 12.1 Å². The lowest BCUT2D eigenvalue weighted by Crippen LogP contribution is -2.24. The molecule has 2 N–H and O–H groups in total. The molecule has 0 aliphatic carbocycles. The van der Waals surface area contributed by atoms with Crippen molar-refractivity contribution < 1.29 is 9.90 Å². The second-order valence-corrected chi connectivity index (χ2v) is 4.04. The quantitative estimate of drug-likeness (QED) is 0.779. The van der Waals surface area contributed by atoms with E-state index in [1.165, 1.54) is 12.1 Å². The van der Waals surface area contributed by atoms with E-state index in [2.05, 4.69) is 12.2 Å². The van der Waals surface area contributed by atoms with E-state index >= 15 is 0 Å². The zero-order chi connectivity index (χ0) is 12.0. The third kappa shape index (κ3) is 3.74. The highest BCUT2D eigenvalue weighted by Gasteiger charge is 2.07. The maximum Gasteiger partial charge on any atom is 0.251 e. The molecular weight excluding hydrogens is 226 g/mol. The van der Waals surface area contributed by atoms with Crippen molar-refractivity contribution in [2.75, 3.05) is 6.54 Å². The van der Waals surface area contributed by atoms with Crippen LogP contribution in [0.5, 0.6) is 5.75 Å². The average Bonchev–Trinajstić information content (AvgIpc) is 2.28. The molecule has 0 unspecified atom stereocenters. The van der Waals surface area contributed by atoms with E-state index in [0.717, 1.165) is 19.3 Å². The molecule has 1 amide bonds. The minimum atomic E-state index is -0.155. The summed E-state index contributed by atoms with van der Waals surface area (Å²) in [6.07, 6.45) is 3.21. The fourth-order valence-corrected chi connectivity index (χ4v) is 1.51. The van der Waals surface area contributed by atoms with E-state index in [1.807, 2.05) is 0 Å². The molecule has 4 heteroatoms. The molecule has 1 rings (SSSR count). The summed E-state index contributed by atoms with van der Waals surface area (Å²) in [6, 6.07) is 4.44. The van der Waals surface area contributed by atoms with Crippen molar-refractivity contribution in [1.29, 1.82) is 0 Å². The summed E-state index contributed by atoms with van der Waals surface area (Å²) in [6.45, 7) is 2.78. The van der Waals surface area contributed by atoms with Gasteiger partial charge in [-0.3, -0.25) is 4.79 Å². The first-order chi connectivity index (χ1) is 7.65. The van der Waals surface area contributed by atoms with Crippen LogP contribution >= 0.6 is 11.6 Å². The van der Waals surface area contributed by atoms with Crippen LogP contribution in [-0.4, -0.2) is 17.6 Å². The number of benzene rings is 1. The lowest BCUT2D eigenvalue weighted by atomic mass is 10.2. The SMILES string of the molecule is CCCCCNC(=O)c1ccc(O)c(Cl)c1.